The van der Waals surface area contributed by atoms with E-state index in [0.717, 1.165) is 37.1 Å². The molecule has 1 aromatic carbocycles. The fourth-order valence-corrected chi connectivity index (χ4v) is 8.51. The van der Waals surface area contributed by atoms with Gasteiger partial charge in [-0.25, -0.2) is 15.0 Å². The highest BCUT2D eigenvalue weighted by Gasteiger charge is 2.76. The Balaban J connectivity index is 0.988. The number of pyridine rings is 1. The van der Waals surface area contributed by atoms with Crippen LogP contribution in [0, 0.1) is 16.7 Å². The molecular weight excluding hydrogens is 681 g/mol. The molecule has 0 unspecified atom stereocenters. The molecule has 3 aromatic rings. The number of nitrogens with one attached hydrogen (secondary N) is 1. The van der Waals surface area contributed by atoms with Gasteiger partial charge < -0.3 is 24.6 Å². The number of hydrogen-bond donors (Lipinski definition) is 1. The van der Waals surface area contributed by atoms with Crippen molar-refractivity contribution in [3.63, 3.8) is 0 Å². The van der Waals surface area contributed by atoms with Crippen molar-refractivity contribution < 1.29 is 23.9 Å². The number of amides is 2. The summed E-state index contributed by atoms with van der Waals surface area (Å²) in [6.07, 6.45) is 7.10. The number of aromatic nitrogens is 3. The van der Waals surface area contributed by atoms with E-state index < -0.39 is 5.41 Å². The van der Waals surface area contributed by atoms with Crippen LogP contribution < -0.4 is 15.0 Å². The standard InChI is InChI=1S/C36H41Cl2N7O5/c1-23(46)39-16-24-3-5-43(6-4-24)19-25-11-30(26-13-27(37)15-28(38)14-26)42-31(12-25)50-29-17-40-34(41-18-29)45-9-7-44(8-10-45)32(47)35-20-36(21-35,22-35)33(48)49-2/h11-15,17-18,24H,3-10,16,19-22H2,1-2H3,(H,39,46). The van der Waals surface area contributed by atoms with Crippen LogP contribution in [0.1, 0.15) is 44.6 Å². The Hall–Kier alpha value is -4.00. The molecule has 4 heterocycles. The summed E-state index contributed by atoms with van der Waals surface area (Å²) in [5, 5.41) is 3.98. The van der Waals surface area contributed by atoms with E-state index in [1.165, 1.54) is 7.11 Å². The minimum Gasteiger partial charge on any atom is -0.469 e. The Bertz CT molecular complexity index is 1730. The van der Waals surface area contributed by atoms with Crippen LogP contribution in [0.25, 0.3) is 11.3 Å². The number of likely N-dealkylation sites (tertiary alicyclic amines) is 1. The number of carbonyl (C=O) groups excluding carboxylic acids is 3. The van der Waals surface area contributed by atoms with E-state index in [0.29, 0.717) is 97.8 Å². The van der Waals surface area contributed by atoms with E-state index in [1.54, 1.807) is 25.4 Å². The maximum Gasteiger partial charge on any atom is 0.311 e. The molecule has 0 spiro atoms. The van der Waals surface area contributed by atoms with Crippen LogP contribution in [-0.4, -0.2) is 95.5 Å². The quantitative estimate of drug-likeness (QED) is 0.286. The fraction of sp³-hybridized carbons (Fsp3) is 0.500. The smallest absolute Gasteiger partial charge is 0.311 e. The zero-order valence-corrected chi connectivity index (χ0v) is 29.8. The van der Waals surface area contributed by atoms with Crippen molar-refractivity contribution >= 4 is 46.9 Å². The summed E-state index contributed by atoms with van der Waals surface area (Å²) >= 11 is 12.7. The predicted octanol–water partition coefficient (Wildman–Crippen LogP) is 4.98. The van der Waals surface area contributed by atoms with E-state index >= 15 is 0 Å². The van der Waals surface area contributed by atoms with Gasteiger partial charge in [-0.2, -0.15) is 0 Å². The Kier molecular flexibility index (Phi) is 9.62. The number of anilines is 1. The molecule has 0 atom stereocenters. The molecule has 12 nitrogen and oxygen atoms in total. The molecule has 8 rings (SSSR count). The predicted molar refractivity (Wildman–Crippen MR) is 188 cm³/mol. The number of carbonyl (C=O) groups is 3. The van der Waals surface area contributed by atoms with Crippen LogP contribution in [0.15, 0.2) is 42.7 Å². The monoisotopic (exact) mass is 721 g/mol. The van der Waals surface area contributed by atoms with Crippen LogP contribution >= 0.6 is 23.2 Å². The molecule has 2 aliphatic heterocycles. The van der Waals surface area contributed by atoms with Crippen LogP contribution in [0.4, 0.5) is 5.95 Å². The first kappa shape index (κ1) is 34.4. The summed E-state index contributed by atoms with van der Waals surface area (Å²) in [6, 6.07) is 9.31. The van der Waals surface area contributed by atoms with Crippen molar-refractivity contribution in [3.05, 3.63) is 58.3 Å². The van der Waals surface area contributed by atoms with Gasteiger partial charge in [0, 0.05) is 67.9 Å². The van der Waals surface area contributed by atoms with E-state index in [4.69, 9.17) is 37.7 Å². The maximum atomic E-state index is 13.3. The largest absolute Gasteiger partial charge is 0.469 e. The van der Waals surface area contributed by atoms with E-state index in [9.17, 15) is 14.4 Å². The molecule has 3 aliphatic carbocycles. The lowest BCUT2D eigenvalue weighted by atomic mass is 9.34. The Morgan fingerprint density at radius 2 is 1.56 bits per heavy atom. The fourth-order valence-electron chi connectivity index (χ4n) is 7.99. The lowest BCUT2D eigenvalue weighted by Gasteiger charge is -2.67. The summed E-state index contributed by atoms with van der Waals surface area (Å²) in [6.45, 7) is 7.22. The molecule has 5 fully saturated rings. The highest BCUT2D eigenvalue weighted by molar-refractivity contribution is 6.35. The van der Waals surface area contributed by atoms with Crippen molar-refractivity contribution in [2.45, 2.75) is 45.6 Å². The van der Waals surface area contributed by atoms with Gasteiger partial charge in [0.05, 0.1) is 36.0 Å². The number of rotatable bonds is 10. The number of nitrogens with zero attached hydrogens (tertiary/aromatic N) is 6. The molecule has 50 heavy (non-hydrogen) atoms. The van der Waals surface area contributed by atoms with Crippen molar-refractivity contribution in [1.82, 2.24) is 30.1 Å². The van der Waals surface area contributed by atoms with Gasteiger partial charge >= 0.3 is 5.97 Å². The number of piperidine rings is 1. The molecule has 2 saturated heterocycles. The van der Waals surface area contributed by atoms with Gasteiger partial charge in [-0.1, -0.05) is 23.2 Å². The maximum absolute atomic E-state index is 13.3. The van der Waals surface area contributed by atoms with Gasteiger partial charge in [-0.05, 0) is 80.9 Å². The number of esters is 1. The summed E-state index contributed by atoms with van der Waals surface area (Å²) in [7, 11) is 1.41. The zero-order chi connectivity index (χ0) is 35.0. The average Bonchev–Trinajstić information content (AvgIpc) is 3.06. The minimum absolute atomic E-state index is 0.00876. The zero-order valence-electron chi connectivity index (χ0n) is 28.3. The average molecular weight is 723 g/mol. The lowest BCUT2D eigenvalue weighted by Crippen LogP contribution is -2.71. The number of ether oxygens (including phenoxy) is 2. The Morgan fingerprint density at radius 3 is 2.18 bits per heavy atom. The van der Waals surface area contributed by atoms with E-state index in [2.05, 4.69) is 25.1 Å². The normalized spacial score (nSPS) is 23.4. The van der Waals surface area contributed by atoms with Crippen LogP contribution in [0.5, 0.6) is 11.6 Å². The van der Waals surface area contributed by atoms with Gasteiger partial charge in [0.2, 0.25) is 23.6 Å². The summed E-state index contributed by atoms with van der Waals surface area (Å²) in [5.74, 6) is 1.86. The second kappa shape index (κ2) is 14.0. The number of halogens is 2. The minimum atomic E-state index is -0.432. The first-order chi connectivity index (χ1) is 24.0. The third-order valence-corrected chi connectivity index (χ3v) is 11.0. The van der Waals surface area contributed by atoms with Gasteiger partial charge in [-0.3, -0.25) is 19.3 Å². The molecule has 264 valence electrons. The molecule has 14 heteroatoms. The summed E-state index contributed by atoms with van der Waals surface area (Å²) in [5.41, 5.74) is 1.68. The lowest BCUT2D eigenvalue weighted by molar-refractivity contribution is -0.228. The van der Waals surface area contributed by atoms with Crippen LogP contribution in [0.3, 0.4) is 0 Å². The summed E-state index contributed by atoms with van der Waals surface area (Å²) in [4.78, 5) is 57.0. The topological polar surface area (TPSA) is 130 Å². The number of hydrogen-bond acceptors (Lipinski definition) is 10. The van der Waals surface area contributed by atoms with Crippen molar-refractivity contribution in [2.24, 2.45) is 16.7 Å². The van der Waals surface area contributed by atoms with Crippen molar-refractivity contribution in [2.75, 3.05) is 57.8 Å². The Labute approximate surface area is 301 Å². The molecule has 2 bridgehead atoms. The van der Waals surface area contributed by atoms with Gasteiger partial charge in [-0.15, -0.1) is 0 Å². The van der Waals surface area contributed by atoms with Gasteiger partial charge in [0.1, 0.15) is 0 Å². The van der Waals surface area contributed by atoms with Crippen LogP contribution in [0.2, 0.25) is 10.0 Å². The third kappa shape index (κ3) is 7.11. The van der Waals surface area contributed by atoms with Gasteiger partial charge in [0.15, 0.2) is 5.75 Å². The highest BCUT2D eigenvalue weighted by atomic mass is 35.5. The van der Waals surface area contributed by atoms with Gasteiger partial charge in [0.25, 0.3) is 0 Å². The second-order valence-electron chi connectivity index (χ2n) is 14.2. The molecule has 2 aromatic heterocycles. The first-order valence-electron chi connectivity index (χ1n) is 17.1. The molecule has 3 saturated carbocycles. The number of benzene rings is 1. The molecule has 0 radical (unpaired) electrons. The number of methoxy groups -OCH3 is 1. The van der Waals surface area contributed by atoms with E-state index in [-0.39, 0.29) is 23.2 Å². The Morgan fingerprint density at radius 1 is 0.900 bits per heavy atom. The summed E-state index contributed by atoms with van der Waals surface area (Å²) < 4.78 is 11.2. The SMILES string of the molecule is COC(=O)C12CC(C(=O)N3CCN(c4ncc(Oc5cc(CN6CCC(CNC(C)=O)CC6)cc(-c6cc(Cl)cc(Cl)c6)n5)cn4)CC3)(C1)C2. The molecule has 2 amide bonds. The molecule has 1 N–H and O–H groups in total. The van der Waals surface area contributed by atoms with Crippen LogP contribution in [-0.2, 0) is 25.7 Å². The van der Waals surface area contributed by atoms with E-state index in [1.807, 2.05) is 29.2 Å². The molecular formula is C36H41Cl2N7O5. The third-order valence-electron chi connectivity index (χ3n) is 10.6. The number of piperazine rings is 1. The second-order valence-corrected chi connectivity index (χ2v) is 15.1. The highest BCUT2D eigenvalue weighted by Crippen LogP contribution is 2.74. The van der Waals surface area contributed by atoms with Crippen molar-refractivity contribution in [3.8, 4) is 22.9 Å². The van der Waals surface area contributed by atoms with Crippen molar-refractivity contribution in [1.29, 1.82) is 0 Å². The molecule has 5 aliphatic rings. The first-order valence-corrected chi connectivity index (χ1v) is 17.9.